The van der Waals surface area contributed by atoms with Gasteiger partial charge >= 0.3 is 6.03 Å². The lowest BCUT2D eigenvalue weighted by atomic mass is 9.84. The number of carbonyl (C=O) groups excluding carboxylic acids is 2. The van der Waals surface area contributed by atoms with Crippen molar-refractivity contribution in [1.29, 1.82) is 0 Å². The first-order valence-electron chi connectivity index (χ1n) is 18.7. The molecule has 4 aromatic rings. The van der Waals surface area contributed by atoms with Crippen molar-refractivity contribution in [2.45, 2.75) is 80.8 Å². The minimum absolute atomic E-state index is 0.0263. The van der Waals surface area contributed by atoms with Crippen LogP contribution in [0.15, 0.2) is 67.0 Å². The standard InChI is InChI=1S/C38H48N10O4/c49-32-29(44-36(51)25-12-7-13-25)18-30(33(32)50)48-22-41-31-34(40-20-28(23-8-3-1-4-9-23)24-10-5-2-6-11-24)45-37(46-35(31)48)47-17-15-27(21-47)43-38(52)42-26-14-16-39-19-26/h1-6,8-11,22,25-30,32-33,39,49-50H,7,12-21H2,(H,44,51)(H,40,45,46)(H2,42,43,52)/t26-,27-,29+,30?,32-,33+/m1/s1. The van der Waals surface area contributed by atoms with Gasteiger partial charge in [-0.25, -0.2) is 9.78 Å². The minimum atomic E-state index is -1.13. The average molecular weight is 709 g/mol. The Morgan fingerprint density at radius 2 is 1.62 bits per heavy atom. The SMILES string of the molecule is O=C(N[C@@H]1CCNC1)N[C@@H]1CCN(c2nc(NCC(c3ccccc3)c3ccccc3)c3ncn(C4C[C@H](NC(=O)C5CCC5)[C@@H](O)[C@H]4O)c3n2)C1. The number of rotatable bonds is 11. The fraction of sp³-hybridized carbons (Fsp3) is 0.500. The summed E-state index contributed by atoms with van der Waals surface area (Å²) in [6.45, 7) is 3.39. The first-order valence-corrected chi connectivity index (χ1v) is 18.7. The van der Waals surface area contributed by atoms with Gasteiger partial charge in [-0.15, -0.1) is 0 Å². The topological polar surface area (TPSA) is 182 Å². The van der Waals surface area contributed by atoms with E-state index in [0.29, 0.717) is 49.0 Å². The van der Waals surface area contributed by atoms with Crippen molar-refractivity contribution in [3.8, 4) is 0 Å². The van der Waals surface area contributed by atoms with E-state index in [-0.39, 0.29) is 35.9 Å². The number of fused-ring (bicyclic) bond motifs is 1. The highest BCUT2D eigenvalue weighted by Crippen LogP contribution is 2.36. The maximum absolute atomic E-state index is 12.8. The largest absolute Gasteiger partial charge is 0.388 e. The second-order valence-electron chi connectivity index (χ2n) is 14.7. The van der Waals surface area contributed by atoms with Gasteiger partial charge in [0, 0.05) is 50.1 Å². The molecule has 7 N–H and O–H groups in total. The van der Waals surface area contributed by atoms with Crippen LogP contribution in [0.3, 0.4) is 0 Å². The van der Waals surface area contributed by atoms with Crippen LogP contribution in [0.5, 0.6) is 0 Å². The molecule has 0 radical (unpaired) electrons. The summed E-state index contributed by atoms with van der Waals surface area (Å²) >= 11 is 0. The number of imidazole rings is 1. The van der Waals surface area contributed by atoms with Crippen molar-refractivity contribution in [2.75, 3.05) is 42.9 Å². The van der Waals surface area contributed by atoms with E-state index in [0.717, 1.165) is 56.3 Å². The van der Waals surface area contributed by atoms with Crippen LogP contribution in [-0.4, -0.2) is 105 Å². The van der Waals surface area contributed by atoms with Gasteiger partial charge in [0.2, 0.25) is 11.9 Å². The van der Waals surface area contributed by atoms with Crippen LogP contribution in [0.2, 0.25) is 0 Å². The van der Waals surface area contributed by atoms with E-state index in [2.05, 4.69) is 55.7 Å². The van der Waals surface area contributed by atoms with Crippen molar-refractivity contribution in [2.24, 2.45) is 5.92 Å². The van der Waals surface area contributed by atoms with E-state index < -0.39 is 24.3 Å². The molecule has 2 aromatic carbocycles. The van der Waals surface area contributed by atoms with Gasteiger partial charge in [-0.1, -0.05) is 67.1 Å². The molecule has 1 unspecified atom stereocenters. The number of hydrogen-bond acceptors (Lipinski definition) is 10. The summed E-state index contributed by atoms with van der Waals surface area (Å²) in [6, 6.07) is 19.4. The number of nitrogens with zero attached hydrogens (tertiary/aromatic N) is 5. The number of aromatic nitrogens is 4. The van der Waals surface area contributed by atoms with Gasteiger partial charge in [-0.3, -0.25) is 4.79 Å². The highest BCUT2D eigenvalue weighted by atomic mass is 16.3. The molecular weight excluding hydrogens is 660 g/mol. The lowest BCUT2D eigenvalue weighted by Gasteiger charge is -2.27. The summed E-state index contributed by atoms with van der Waals surface area (Å²) in [5, 5.41) is 38.4. The molecule has 14 nitrogen and oxygen atoms in total. The Balaban J connectivity index is 1.08. The fourth-order valence-electron chi connectivity index (χ4n) is 8.06. The summed E-state index contributed by atoms with van der Waals surface area (Å²) in [5.74, 6) is 0.980. The predicted octanol–water partition coefficient (Wildman–Crippen LogP) is 2.26. The number of benzene rings is 2. The van der Waals surface area contributed by atoms with Gasteiger partial charge in [-0.2, -0.15) is 9.97 Å². The number of hydrogen-bond donors (Lipinski definition) is 7. The van der Waals surface area contributed by atoms with Gasteiger partial charge in [-0.05, 0) is 49.8 Å². The highest BCUT2D eigenvalue weighted by Gasteiger charge is 2.45. The lowest BCUT2D eigenvalue weighted by Crippen LogP contribution is -2.47. The molecule has 2 aliphatic carbocycles. The molecule has 2 saturated heterocycles. The Morgan fingerprint density at radius 1 is 0.885 bits per heavy atom. The number of aliphatic hydroxyl groups is 2. The third-order valence-corrected chi connectivity index (χ3v) is 11.3. The van der Waals surface area contributed by atoms with Crippen LogP contribution < -0.4 is 31.5 Å². The monoisotopic (exact) mass is 708 g/mol. The summed E-state index contributed by atoms with van der Waals surface area (Å²) < 4.78 is 1.82. The Hall–Kier alpha value is -4.79. The predicted molar refractivity (Wildman–Crippen MR) is 197 cm³/mol. The molecule has 2 aromatic heterocycles. The van der Waals surface area contributed by atoms with Crippen molar-refractivity contribution < 1.29 is 19.8 Å². The molecule has 4 heterocycles. The molecule has 4 aliphatic rings. The minimum Gasteiger partial charge on any atom is -0.388 e. The van der Waals surface area contributed by atoms with E-state index in [4.69, 9.17) is 15.0 Å². The maximum atomic E-state index is 12.8. The fourth-order valence-corrected chi connectivity index (χ4v) is 8.06. The number of carbonyl (C=O) groups is 2. The van der Waals surface area contributed by atoms with Crippen LogP contribution in [0.4, 0.5) is 16.6 Å². The summed E-state index contributed by atoms with van der Waals surface area (Å²) in [4.78, 5) is 42.4. The van der Waals surface area contributed by atoms with Crippen LogP contribution >= 0.6 is 0 Å². The van der Waals surface area contributed by atoms with Crippen LogP contribution in [-0.2, 0) is 4.79 Å². The molecule has 0 spiro atoms. The quantitative estimate of drug-likeness (QED) is 0.122. The van der Waals surface area contributed by atoms with E-state index >= 15 is 0 Å². The van der Waals surface area contributed by atoms with Gasteiger partial charge < -0.3 is 46.3 Å². The number of urea groups is 1. The summed E-state index contributed by atoms with van der Waals surface area (Å²) in [6.07, 6.45) is 4.12. The lowest BCUT2D eigenvalue weighted by molar-refractivity contribution is -0.129. The molecule has 2 saturated carbocycles. The van der Waals surface area contributed by atoms with Crippen molar-refractivity contribution in [3.63, 3.8) is 0 Å². The summed E-state index contributed by atoms with van der Waals surface area (Å²) in [7, 11) is 0. The summed E-state index contributed by atoms with van der Waals surface area (Å²) in [5.41, 5.74) is 3.39. The van der Waals surface area contributed by atoms with Crippen LogP contribution in [0, 0.1) is 5.92 Å². The second-order valence-corrected chi connectivity index (χ2v) is 14.7. The van der Waals surface area contributed by atoms with Gasteiger partial charge in [0.15, 0.2) is 17.0 Å². The van der Waals surface area contributed by atoms with E-state index in [1.54, 1.807) is 6.33 Å². The molecule has 274 valence electrons. The zero-order valence-corrected chi connectivity index (χ0v) is 29.2. The van der Waals surface area contributed by atoms with Crippen LogP contribution in [0.25, 0.3) is 11.2 Å². The van der Waals surface area contributed by atoms with Gasteiger partial charge in [0.05, 0.1) is 18.4 Å². The number of anilines is 2. The molecule has 2 aliphatic heterocycles. The average Bonchev–Trinajstić information content (AvgIpc) is 3.95. The molecular formula is C38H48N10O4. The van der Waals surface area contributed by atoms with Crippen molar-refractivity contribution >= 4 is 34.9 Å². The second kappa shape index (κ2) is 15.1. The Labute approximate surface area is 302 Å². The maximum Gasteiger partial charge on any atom is 0.315 e. The Kier molecular flexibility index (Phi) is 9.93. The van der Waals surface area contributed by atoms with Crippen molar-refractivity contribution in [1.82, 2.24) is 40.8 Å². The number of nitrogens with one attached hydrogen (secondary N) is 5. The normalized spacial score (nSPS) is 26.1. The van der Waals surface area contributed by atoms with E-state index in [1.165, 1.54) is 0 Å². The smallest absolute Gasteiger partial charge is 0.315 e. The van der Waals surface area contributed by atoms with Crippen LogP contribution in [0.1, 0.15) is 61.6 Å². The third-order valence-electron chi connectivity index (χ3n) is 11.3. The number of aliphatic hydroxyl groups excluding tert-OH is 2. The van der Waals surface area contributed by atoms with E-state index in [1.807, 2.05) is 41.0 Å². The Bertz CT molecular complexity index is 1810. The molecule has 8 rings (SSSR count). The zero-order chi connectivity index (χ0) is 35.6. The zero-order valence-electron chi connectivity index (χ0n) is 29.2. The Morgan fingerprint density at radius 3 is 2.29 bits per heavy atom. The molecule has 14 heteroatoms. The molecule has 0 bridgehead atoms. The third kappa shape index (κ3) is 7.14. The molecule has 3 amide bonds. The first kappa shape index (κ1) is 34.3. The van der Waals surface area contributed by atoms with Gasteiger partial charge in [0.25, 0.3) is 0 Å². The first-order chi connectivity index (χ1) is 25.4. The highest BCUT2D eigenvalue weighted by molar-refractivity contribution is 5.85. The van der Waals surface area contributed by atoms with Gasteiger partial charge in [0.1, 0.15) is 12.2 Å². The number of amides is 3. The molecule has 4 fully saturated rings. The molecule has 6 atom stereocenters. The van der Waals surface area contributed by atoms with Crippen molar-refractivity contribution in [3.05, 3.63) is 78.1 Å². The molecule has 52 heavy (non-hydrogen) atoms. The van der Waals surface area contributed by atoms with E-state index in [9.17, 15) is 19.8 Å².